The summed E-state index contributed by atoms with van der Waals surface area (Å²) in [5.41, 5.74) is 3.65. The van der Waals surface area contributed by atoms with Crippen molar-refractivity contribution in [2.45, 2.75) is 31.4 Å². The highest BCUT2D eigenvalue weighted by molar-refractivity contribution is 5.67. The third kappa shape index (κ3) is 1.82. The molecule has 0 N–H and O–H groups in total. The molecule has 1 unspecified atom stereocenters. The monoisotopic (exact) mass is 325 g/mol. The lowest BCUT2D eigenvalue weighted by atomic mass is 9.71. The second kappa shape index (κ2) is 4.86. The van der Waals surface area contributed by atoms with Crippen LogP contribution < -0.4 is 9.47 Å². The average Bonchev–Trinajstić information content (AvgIpc) is 3.15. The summed E-state index contributed by atoms with van der Waals surface area (Å²) in [4.78, 5) is 13.9. The molecule has 0 radical (unpaired) electrons. The summed E-state index contributed by atoms with van der Waals surface area (Å²) >= 11 is 0. The summed E-state index contributed by atoms with van der Waals surface area (Å²) in [5.74, 6) is 1.42. The first-order valence-corrected chi connectivity index (χ1v) is 8.41. The molecule has 1 spiro atoms. The van der Waals surface area contributed by atoms with Crippen molar-refractivity contribution in [2.75, 3.05) is 19.9 Å². The van der Waals surface area contributed by atoms with E-state index in [1.807, 2.05) is 6.08 Å². The molecule has 0 fully saturated rings. The van der Waals surface area contributed by atoms with Gasteiger partial charge in [-0.15, -0.1) is 0 Å². The predicted octanol–water partition coefficient (Wildman–Crippen LogP) is 2.30. The van der Waals surface area contributed by atoms with Crippen molar-refractivity contribution in [3.8, 4) is 11.5 Å². The van der Waals surface area contributed by atoms with Crippen molar-refractivity contribution >= 4 is 5.97 Å². The van der Waals surface area contributed by atoms with Gasteiger partial charge in [0.25, 0.3) is 0 Å². The molecule has 3 heterocycles. The number of benzene rings is 1. The van der Waals surface area contributed by atoms with E-state index in [4.69, 9.17) is 14.2 Å². The van der Waals surface area contributed by atoms with Gasteiger partial charge in [-0.05, 0) is 41.3 Å². The minimum atomic E-state index is -0.236. The summed E-state index contributed by atoms with van der Waals surface area (Å²) in [6.07, 6.45) is 7.97. The van der Waals surface area contributed by atoms with Crippen molar-refractivity contribution in [2.24, 2.45) is 0 Å². The first kappa shape index (κ1) is 14.1. The molecule has 24 heavy (non-hydrogen) atoms. The van der Waals surface area contributed by atoms with E-state index in [1.54, 1.807) is 0 Å². The highest BCUT2D eigenvalue weighted by atomic mass is 16.7. The lowest BCUT2D eigenvalue weighted by Crippen LogP contribution is -2.51. The quantitative estimate of drug-likeness (QED) is 0.742. The van der Waals surface area contributed by atoms with Gasteiger partial charge >= 0.3 is 5.97 Å². The van der Waals surface area contributed by atoms with Crippen LogP contribution in [0.25, 0.3) is 0 Å². The number of hydrogen-bond donors (Lipinski definition) is 0. The van der Waals surface area contributed by atoms with Crippen molar-refractivity contribution in [1.82, 2.24) is 4.90 Å². The van der Waals surface area contributed by atoms with E-state index in [2.05, 4.69) is 29.2 Å². The lowest BCUT2D eigenvalue weighted by molar-refractivity contribution is -0.145. The average molecular weight is 325 g/mol. The van der Waals surface area contributed by atoms with Crippen molar-refractivity contribution in [3.05, 3.63) is 47.1 Å². The van der Waals surface area contributed by atoms with Gasteiger partial charge in [-0.1, -0.05) is 12.2 Å². The van der Waals surface area contributed by atoms with Crippen LogP contribution >= 0.6 is 0 Å². The maximum absolute atomic E-state index is 11.4. The van der Waals surface area contributed by atoms with Gasteiger partial charge in [-0.25, -0.2) is 0 Å². The largest absolute Gasteiger partial charge is 0.458 e. The molecule has 5 rings (SSSR count). The minimum absolute atomic E-state index is 0.198. The molecule has 3 aliphatic heterocycles. The van der Waals surface area contributed by atoms with E-state index in [0.717, 1.165) is 37.4 Å². The molecule has 1 aromatic carbocycles. The second-order valence-electron chi connectivity index (χ2n) is 6.79. The third-order valence-electron chi connectivity index (χ3n) is 5.55. The molecule has 1 aliphatic carbocycles. The van der Waals surface area contributed by atoms with Crippen LogP contribution in [0.1, 0.15) is 24.5 Å². The van der Waals surface area contributed by atoms with Crippen LogP contribution in [0, 0.1) is 0 Å². The van der Waals surface area contributed by atoms with Gasteiger partial charge in [0.15, 0.2) is 11.5 Å². The first-order chi connectivity index (χ1) is 11.7. The van der Waals surface area contributed by atoms with Crippen molar-refractivity contribution < 1.29 is 19.0 Å². The van der Waals surface area contributed by atoms with E-state index in [-0.39, 0.29) is 24.4 Å². The maximum atomic E-state index is 11.4. The predicted molar refractivity (Wildman–Crippen MR) is 86.9 cm³/mol. The zero-order valence-electron chi connectivity index (χ0n) is 13.6. The topological polar surface area (TPSA) is 48.0 Å². The van der Waals surface area contributed by atoms with Gasteiger partial charge in [0.05, 0.1) is 5.54 Å². The Balaban J connectivity index is 1.65. The summed E-state index contributed by atoms with van der Waals surface area (Å²) in [6, 6.07) is 4.26. The van der Waals surface area contributed by atoms with Crippen LogP contribution in [0.3, 0.4) is 0 Å². The maximum Gasteiger partial charge on any atom is 0.303 e. The molecule has 1 aromatic rings. The molecule has 0 saturated heterocycles. The fraction of sp³-hybridized carbons (Fsp3) is 0.421. The molecule has 0 bridgehead atoms. The van der Waals surface area contributed by atoms with Gasteiger partial charge in [0.2, 0.25) is 6.79 Å². The van der Waals surface area contributed by atoms with Crippen LogP contribution in [-0.2, 0) is 21.5 Å². The number of hydrogen-bond acceptors (Lipinski definition) is 5. The van der Waals surface area contributed by atoms with Crippen molar-refractivity contribution in [3.63, 3.8) is 0 Å². The molecule has 0 amide bonds. The zero-order valence-corrected chi connectivity index (χ0v) is 13.6. The molecule has 2 atom stereocenters. The van der Waals surface area contributed by atoms with Crippen LogP contribution in [0.2, 0.25) is 0 Å². The Morgan fingerprint density at radius 3 is 3.00 bits per heavy atom. The van der Waals surface area contributed by atoms with Gasteiger partial charge in [-0.2, -0.15) is 0 Å². The normalized spacial score (nSPS) is 29.5. The van der Waals surface area contributed by atoms with Crippen molar-refractivity contribution in [1.29, 1.82) is 0 Å². The second-order valence-corrected chi connectivity index (χ2v) is 6.79. The molecule has 124 valence electrons. The summed E-state index contributed by atoms with van der Waals surface area (Å²) in [6.45, 7) is 3.68. The first-order valence-electron chi connectivity index (χ1n) is 8.41. The summed E-state index contributed by atoms with van der Waals surface area (Å²) < 4.78 is 16.7. The van der Waals surface area contributed by atoms with E-state index < -0.39 is 0 Å². The van der Waals surface area contributed by atoms with Gasteiger partial charge in [0.1, 0.15) is 6.10 Å². The van der Waals surface area contributed by atoms with Crippen LogP contribution in [0.15, 0.2) is 35.9 Å². The summed E-state index contributed by atoms with van der Waals surface area (Å²) in [7, 11) is 0. The number of carbonyl (C=O) groups is 1. The molecule has 0 saturated carbocycles. The lowest BCUT2D eigenvalue weighted by Gasteiger charge is -2.48. The smallest absolute Gasteiger partial charge is 0.303 e. The van der Waals surface area contributed by atoms with Crippen LogP contribution in [-0.4, -0.2) is 36.9 Å². The standard InChI is InChI=1S/C19H19NO4/c1-12(21)24-15-3-2-14-5-7-20-6-4-13-8-17-18(23-11-22-17)9-16(13)19(14,20)10-15/h2-3,5,8-9,15H,4,6-7,10-11H2,1H3/t15?,19-/m0/s1. The van der Waals surface area contributed by atoms with Gasteiger partial charge in [0, 0.05) is 26.4 Å². The van der Waals surface area contributed by atoms with E-state index in [1.165, 1.54) is 23.6 Å². The van der Waals surface area contributed by atoms with E-state index >= 15 is 0 Å². The molecule has 5 heteroatoms. The van der Waals surface area contributed by atoms with Gasteiger partial charge in [-0.3, -0.25) is 9.69 Å². The number of esters is 1. The van der Waals surface area contributed by atoms with E-state index in [9.17, 15) is 4.79 Å². The fourth-order valence-corrected chi connectivity index (χ4v) is 4.58. The third-order valence-corrected chi connectivity index (χ3v) is 5.55. The van der Waals surface area contributed by atoms with Crippen LogP contribution in [0.4, 0.5) is 0 Å². The Hall–Kier alpha value is -2.27. The molecular weight excluding hydrogens is 306 g/mol. The van der Waals surface area contributed by atoms with E-state index in [0.29, 0.717) is 0 Å². The molecule has 4 aliphatic rings. The summed E-state index contributed by atoms with van der Waals surface area (Å²) in [5, 5.41) is 0. The minimum Gasteiger partial charge on any atom is -0.458 e. The zero-order chi connectivity index (χ0) is 16.3. The Kier molecular flexibility index (Phi) is 2.86. The SMILES string of the molecule is CC(=O)OC1C=CC2=CCN3CCc4cc5c(cc4[C@]23C1)OCO5. The van der Waals surface area contributed by atoms with Crippen LogP contribution in [0.5, 0.6) is 11.5 Å². The highest BCUT2D eigenvalue weighted by Gasteiger charge is 2.51. The number of rotatable bonds is 1. The number of carbonyl (C=O) groups excluding carboxylic acids is 1. The number of nitrogens with zero attached hydrogens (tertiary/aromatic N) is 1. The molecular formula is C19H19NO4. The number of fused-ring (bicyclic) bond motifs is 2. The Morgan fingerprint density at radius 2 is 2.17 bits per heavy atom. The number of ether oxygens (including phenoxy) is 3. The Morgan fingerprint density at radius 1 is 1.33 bits per heavy atom. The molecule has 5 nitrogen and oxygen atoms in total. The molecule has 0 aromatic heterocycles. The van der Waals surface area contributed by atoms with Gasteiger partial charge < -0.3 is 14.2 Å². The Bertz CT molecular complexity index is 797. The fourth-order valence-electron chi connectivity index (χ4n) is 4.58. The highest BCUT2D eigenvalue weighted by Crippen LogP contribution is 2.52. The Labute approximate surface area is 140 Å².